The van der Waals surface area contributed by atoms with Crippen LogP contribution in [0.2, 0.25) is 0 Å². The van der Waals surface area contributed by atoms with Crippen LogP contribution in [0, 0.1) is 11.8 Å². The lowest BCUT2D eigenvalue weighted by molar-refractivity contribution is -0.139. The van der Waals surface area contributed by atoms with E-state index in [9.17, 15) is 24.3 Å². The zero-order valence-corrected chi connectivity index (χ0v) is 24.4. The summed E-state index contributed by atoms with van der Waals surface area (Å²) >= 11 is 0. The number of hydrogen-bond acceptors (Lipinski definition) is 9. The van der Waals surface area contributed by atoms with Crippen LogP contribution in [0.25, 0.3) is 0 Å². The van der Waals surface area contributed by atoms with Crippen molar-refractivity contribution in [3.63, 3.8) is 0 Å². The molecule has 0 saturated carbocycles. The Morgan fingerprint density at radius 2 is 1.41 bits per heavy atom. The first kappa shape index (κ1) is 33.9. The highest BCUT2D eigenvalue weighted by atomic mass is 16.7. The van der Waals surface area contributed by atoms with Crippen LogP contribution in [-0.2, 0) is 23.9 Å². The van der Waals surface area contributed by atoms with Gasteiger partial charge in [-0.2, -0.15) is 0 Å². The fourth-order valence-electron chi connectivity index (χ4n) is 3.61. The van der Waals surface area contributed by atoms with Crippen molar-refractivity contribution in [1.82, 2.24) is 0 Å². The van der Waals surface area contributed by atoms with Crippen molar-refractivity contribution in [2.45, 2.75) is 111 Å². The minimum absolute atomic E-state index is 0.0124. The number of aliphatic carboxylic acids is 1. The van der Waals surface area contributed by atoms with Gasteiger partial charge in [-0.15, -0.1) is 0 Å². The largest absolute Gasteiger partial charge is 0.509 e. The number of benzene rings is 1. The highest BCUT2D eigenvalue weighted by Gasteiger charge is 2.31. The minimum atomic E-state index is -1.36. The zero-order valence-electron chi connectivity index (χ0n) is 24.4. The summed E-state index contributed by atoms with van der Waals surface area (Å²) in [6.45, 7) is 14.5. The predicted molar refractivity (Wildman–Crippen MR) is 146 cm³/mol. The molecule has 0 heterocycles. The molecule has 0 aliphatic heterocycles. The third-order valence-electron chi connectivity index (χ3n) is 6.26. The number of carbonyl (C=O) groups is 4. The first-order valence-corrected chi connectivity index (χ1v) is 13.5. The fourth-order valence-corrected chi connectivity index (χ4v) is 3.61. The molecule has 0 radical (unpaired) electrons. The zero-order chi connectivity index (χ0) is 29.9. The van der Waals surface area contributed by atoms with Gasteiger partial charge in [-0.3, -0.25) is 14.4 Å². The summed E-state index contributed by atoms with van der Waals surface area (Å²) in [5, 5.41) is 9.67. The minimum Gasteiger partial charge on any atom is -0.480 e. The maximum absolute atomic E-state index is 12.6. The van der Waals surface area contributed by atoms with Gasteiger partial charge in [-0.05, 0) is 63.6 Å². The van der Waals surface area contributed by atoms with E-state index in [0.29, 0.717) is 5.56 Å². The van der Waals surface area contributed by atoms with Crippen LogP contribution in [0.3, 0.4) is 0 Å². The normalized spacial score (nSPS) is 15.3. The van der Waals surface area contributed by atoms with Crippen molar-refractivity contribution in [1.29, 1.82) is 0 Å². The third kappa shape index (κ3) is 12.5. The van der Waals surface area contributed by atoms with Crippen LogP contribution >= 0.6 is 0 Å². The van der Waals surface area contributed by atoms with E-state index in [1.165, 1.54) is 12.1 Å². The Kier molecular flexibility index (Phi) is 13.4. The van der Waals surface area contributed by atoms with Gasteiger partial charge >= 0.3 is 24.1 Å². The molecule has 220 valence electrons. The van der Waals surface area contributed by atoms with Gasteiger partial charge < -0.3 is 29.8 Å². The van der Waals surface area contributed by atoms with Crippen molar-refractivity contribution in [2.75, 3.05) is 0 Å². The highest BCUT2D eigenvalue weighted by molar-refractivity contribution is 5.77. The number of carboxylic acids is 1. The van der Waals surface area contributed by atoms with Crippen molar-refractivity contribution in [3.8, 4) is 11.5 Å². The van der Waals surface area contributed by atoms with Crippen molar-refractivity contribution in [3.05, 3.63) is 23.8 Å². The molecule has 10 nitrogen and oxygen atoms in total. The van der Waals surface area contributed by atoms with Gasteiger partial charge in [0, 0.05) is 18.8 Å². The van der Waals surface area contributed by atoms with Crippen LogP contribution in [0.5, 0.6) is 11.5 Å². The van der Waals surface area contributed by atoms with Crippen molar-refractivity contribution < 1.29 is 43.2 Å². The van der Waals surface area contributed by atoms with Crippen LogP contribution in [0.1, 0.15) is 99.0 Å². The summed E-state index contributed by atoms with van der Waals surface area (Å²) in [4.78, 5) is 49.1. The molecule has 1 rings (SSSR count). The SMILES string of the molecule is CCC(C)CC(=O)Oc1ccc(C(CC(C)OC(=O)OC(C)(C)C)[C@H](N)C(=O)O)cc1OC(=O)CC(C)CC. The van der Waals surface area contributed by atoms with Gasteiger partial charge in [0.15, 0.2) is 11.5 Å². The van der Waals surface area contributed by atoms with Crippen molar-refractivity contribution >= 4 is 24.1 Å². The average molecular weight is 552 g/mol. The number of ether oxygens (including phenoxy) is 4. The maximum Gasteiger partial charge on any atom is 0.509 e. The molecule has 39 heavy (non-hydrogen) atoms. The molecule has 4 unspecified atom stereocenters. The summed E-state index contributed by atoms with van der Waals surface area (Å²) in [6.07, 6.45) is 0.311. The lowest BCUT2D eigenvalue weighted by atomic mass is 9.87. The van der Waals surface area contributed by atoms with E-state index in [-0.39, 0.29) is 42.6 Å². The Morgan fingerprint density at radius 3 is 1.87 bits per heavy atom. The van der Waals surface area contributed by atoms with E-state index in [4.69, 9.17) is 24.7 Å². The maximum atomic E-state index is 12.6. The first-order chi connectivity index (χ1) is 18.1. The van der Waals surface area contributed by atoms with Gasteiger partial charge in [0.1, 0.15) is 17.7 Å². The molecule has 0 aliphatic rings. The molecule has 1 aromatic rings. The van der Waals surface area contributed by atoms with Crippen LogP contribution in [0.15, 0.2) is 18.2 Å². The molecule has 0 fully saturated rings. The molecule has 5 atom stereocenters. The Labute approximate surface area is 231 Å². The van der Waals surface area contributed by atoms with Crippen LogP contribution in [0.4, 0.5) is 4.79 Å². The molecular formula is C29H45NO9. The monoisotopic (exact) mass is 551 g/mol. The van der Waals surface area contributed by atoms with E-state index in [1.807, 2.05) is 27.7 Å². The molecule has 0 amide bonds. The Balaban J connectivity index is 3.34. The van der Waals surface area contributed by atoms with E-state index >= 15 is 0 Å². The standard InChI is InChI=1S/C29H45NO9/c1-9-17(3)13-24(31)37-22-12-11-20(16-23(22)38-25(32)14-18(4)10-2)21(26(30)27(33)34)15-19(5)36-28(35)39-29(6,7)8/h11-12,16-19,21,26H,9-10,13-15,30H2,1-8H3,(H,33,34)/t17?,18?,19?,21?,26-/m0/s1. The molecule has 3 N–H and O–H groups in total. The summed E-state index contributed by atoms with van der Waals surface area (Å²) in [5.41, 5.74) is 5.69. The molecule has 0 spiro atoms. The van der Waals surface area contributed by atoms with E-state index in [0.717, 1.165) is 12.8 Å². The lowest BCUT2D eigenvalue weighted by Crippen LogP contribution is -2.38. The van der Waals surface area contributed by atoms with E-state index in [2.05, 4.69) is 0 Å². The number of carboxylic acid groups (broad SMARTS) is 1. The molecule has 0 aromatic heterocycles. The second kappa shape index (κ2) is 15.5. The Bertz CT molecular complexity index is 985. The summed E-state index contributed by atoms with van der Waals surface area (Å²) < 4.78 is 21.6. The quantitative estimate of drug-likeness (QED) is 0.221. The van der Waals surface area contributed by atoms with Crippen LogP contribution < -0.4 is 15.2 Å². The van der Waals surface area contributed by atoms with Gasteiger partial charge in [-0.1, -0.05) is 46.6 Å². The Hall–Kier alpha value is -3.14. The first-order valence-electron chi connectivity index (χ1n) is 13.5. The van der Waals surface area contributed by atoms with Gasteiger partial charge in [0.05, 0.1) is 0 Å². The number of nitrogens with two attached hydrogens (primary N) is 1. The average Bonchev–Trinajstić information content (AvgIpc) is 2.81. The molecule has 0 aliphatic carbocycles. The van der Waals surface area contributed by atoms with E-state index < -0.39 is 47.7 Å². The molecular weight excluding hydrogens is 506 g/mol. The smallest absolute Gasteiger partial charge is 0.480 e. The second-order valence-electron chi connectivity index (χ2n) is 11.2. The third-order valence-corrected chi connectivity index (χ3v) is 6.26. The molecule has 10 heteroatoms. The van der Waals surface area contributed by atoms with Gasteiger partial charge in [-0.25, -0.2) is 4.79 Å². The van der Waals surface area contributed by atoms with Crippen molar-refractivity contribution in [2.24, 2.45) is 17.6 Å². The fraction of sp³-hybridized carbons (Fsp3) is 0.655. The number of rotatable bonds is 14. The predicted octanol–water partition coefficient (Wildman–Crippen LogP) is 5.60. The number of esters is 2. The molecule has 1 aromatic carbocycles. The Morgan fingerprint density at radius 1 is 0.897 bits per heavy atom. The summed E-state index contributed by atoms with van der Waals surface area (Å²) in [7, 11) is 0. The number of hydrogen-bond donors (Lipinski definition) is 2. The van der Waals surface area contributed by atoms with Gasteiger partial charge in [0.2, 0.25) is 0 Å². The highest BCUT2D eigenvalue weighted by Crippen LogP contribution is 2.35. The number of carbonyl (C=O) groups excluding carboxylic acids is 3. The summed E-state index contributed by atoms with van der Waals surface area (Å²) in [6, 6.07) is 3.10. The van der Waals surface area contributed by atoms with Gasteiger partial charge in [0.25, 0.3) is 0 Å². The lowest BCUT2D eigenvalue weighted by Gasteiger charge is -2.26. The topological polar surface area (TPSA) is 151 Å². The molecule has 0 saturated heterocycles. The molecule has 0 bridgehead atoms. The van der Waals surface area contributed by atoms with Crippen LogP contribution in [-0.4, -0.2) is 46.9 Å². The second-order valence-corrected chi connectivity index (χ2v) is 11.2. The summed E-state index contributed by atoms with van der Waals surface area (Å²) in [5.74, 6) is -2.86. The van der Waals surface area contributed by atoms with E-state index in [1.54, 1.807) is 33.8 Å².